The Morgan fingerprint density at radius 2 is 1.15 bits per heavy atom. The molecule has 3 aromatic rings. The maximum Gasteiger partial charge on any atom is 0.522 e. The molecule has 0 fully saturated rings. The smallest absolute Gasteiger partial charge is 0.279 e. The molecule has 0 aliphatic heterocycles. The molecule has 0 bridgehead atoms. The summed E-state index contributed by atoms with van der Waals surface area (Å²) >= 11 is 0. The van der Waals surface area contributed by atoms with Crippen LogP contribution in [0, 0.1) is 6.92 Å². The van der Waals surface area contributed by atoms with Crippen LogP contribution in [0.3, 0.4) is 0 Å². The van der Waals surface area contributed by atoms with Gasteiger partial charge in [0.1, 0.15) is 0 Å². The number of hydrogen-bond acceptors (Lipinski definition) is 2. The standard InChI is InChI=1S/C19H16.CHF3O3S/c1-15-12-13-18(16-8-4-2-5-9-16)19(14-15)17-10-6-3-7-11-17;2-1(3,4)8(5,6)7/h2-14H,1H3;(H,5,6,7). The van der Waals surface area contributed by atoms with Gasteiger partial charge in [0.15, 0.2) is 0 Å². The summed E-state index contributed by atoms with van der Waals surface area (Å²) < 4.78 is 57.5. The molecular formula is C20H17F3O3S. The second-order valence-electron chi connectivity index (χ2n) is 5.70. The van der Waals surface area contributed by atoms with Crippen LogP contribution in [-0.2, 0) is 10.1 Å². The zero-order valence-electron chi connectivity index (χ0n) is 14.3. The van der Waals surface area contributed by atoms with Crippen LogP contribution in [0.15, 0.2) is 78.9 Å². The highest BCUT2D eigenvalue weighted by Gasteiger charge is 2.44. The predicted molar refractivity (Wildman–Crippen MR) is 99.7 cm³/mol. The van der Waals surface area contributed by atoms with Gasteiger partial charge in [0.05, 0.1) is 0 Å². The monoisotopic (exact) mass is 394 g/mol. The van der Waals surface area contributed by atoms with Crippen molar-refractivity contribution in [1.29, 1.82) is 0 Å². The van der Waals surface area contributed by atoms with Gasteiger partial charge in [0.25, 0.3) is 0 Å². The van der Waals surface area contributed by atoms with Gasteiger partial charge in [-0.05, 0) is 29.2 Å². The molecule has 3 aromatic carbocycles. The lowest BCUT2D eigenvalue weighted by Crippen LogP contribution is -2.21. The molecule has 0 atom stereocenters. The minimum atomic E-state index is -5.84. The van der Waals surface area contributed by atoms with E-state index < -0.39 is 15.6 Å². The van der Waals surface area contributed by atoms with Crippen LogP contribution in [0.5, 0.6) is 0 Å². The Labute approximate surface area is 155 Å². The minimum Gasteiger partial charge on any atom is -0.279 e. The summed E-state index contributed by atoms with van der Waals surface area (Å²) in [5, 5.41) is 0. The molecule has 142 valence electrons. The number of alkyl halides is 3. The molecule has 0 saturated heterocycles. The molecule has 0 unspecified atom stereocenters. The van der Waals surface area contributed by atoms with E-state index in [4.69, 9.17) is 13.0 Å². The fourth-order valence-electron chi connectivity index (χ4n) is 2.38. The number of benzene rings is 3. The minimum absolute atomic E-state index is 1.27. The number of rotatable bonds is 2. The summed E-state index contributed by atoms with van der Waals surface area (Å²) in [7, 11) is -5.84. The highest BCUT2D eigenvalue weighted by molar-refractivity contribution is 7.86. The third kappa shape index (κ3) is 5.67. The maximum absolute atomic E-state index is 10.7. The van der Waals surface area contributed by atoms with Crippen LogP contribution >= 0.6 is 0 Å². The lowest BCUT2D eigenvalue weighted by atomic mass is 9.93. The quantitative estimate of drug-likeness (QED) is 0.447. The van der Waals surface area contributed by atoms with Crippen LogP contribution < -0.4 is 0 Å². The van der Waals surface area contributed by atoms with E-state index in [0.29, 0.717) is 0 Å². The van der Waals surface area contributed by atoms with E-state index >= 15 is 0 Å². The van der Waals surface area contributed by atoms with Crippen molar-refractivity contribution in [1.82, 2.24) is 0 Å². The fraction of sp³-hybridized carbons (Fsp3) is 0.100. The van der Waals surface area contributed by atoms with Crippen molar-refractivity contribution in [3.63, 3.8) is 0 Å². The second-order valence-corrected chi connectivity index (χ2v) is 7.11. The first-order valence-corrected chi connectivity index (χ1v) is 9.29. The first-order valence-electron chi connectivity index (χ1n) is 7.85. The van der Waals surface area contributed by atoms with Crippen LogP contribution in [-0.4, -0.2) is 18.5 Å². The molecule has 0 spiro atoms. The second kappa shape index (κ2) is 8.37. The molecule has 1 N–H and O–H groups in total. The Bertz CT molecular complexity index is 984. The van der Waals surface area contributed by atoms with E-state index in [-0.39, 0.29) is 0 Å². The van der Waals surface area contributed by atoms with Gasteiger partial charge in [0, 0.05) is 0 Å². The van der Waals surface area contributed by atoms with Crippen LogP contribution in [0.25, 0.3) is 22.3 Å². The molecule has 27 heavy (non-hydrogen) atoms. The third-order valence-corrected chi connectivity index (χ3v) is 4.22. The molecule has 0 radical (unpaired) electrons. The summed E-state index contributed by atoms with van der Waals surface area (Å²) in [6.45, 7) is 2.14. The predicted octanol–water partition coefficient (Wildman–Crippen LogP) is 5.72. The number of hydrogen-bond donors (Lipinski definition) is 1. The van der Waals surface area contributed by atoms with Crippen LogP contribution in [0.2, 0.25) is 0 Å². The van der Waals surface area contributed by atoms with Crippen molar-refractivity contribution in [2.75, 3.05) is 0 Å². The van der Waals surface area contributed by atoms with Gasteiger partial charge in [0.2, 0.25) is 0 Å². The van der Waals surface area contributed by atoms with E-state index in [2.05, 4.69) is 85.8 Å². The summed E-state index contributed by atoms with van der Waals surface area (Å²) in [5.74, 6) is 0. The summed E-state index contributed by atoms with van der Waals surface area (Å²) in [6, 6.07) is 27.8. The third-order valence-electron chi connectivity index (χ3n) is 3.64. The Morgan fingerprint density at radius 1 is 0.741 bits per heavy atom. The SMILES string of the molecule is Cc1ccc(-c2ccccc2)c(-c2ccccc2)c1.O=S(=O)(O)C(F)(F)F. The van der Waals surface area contributed by atoms with E-state index in [1.165, 1.54) is 27.8 Å². The van der Waals surface area contributed by atoms with Gasteiger partial charge in [-0.25, -0.2) is 0 Å². The van der Waals surface area contributed by atoms with Gasteiger partial charge < -0.3 is 0 Å². The van der Waals surface area contributed by atoms with Gasteiger partial charge in [-0.15, -0.1) is 0 Å². The number of halogens is 3. The van der Waals surface area contributed by atoms with Gasteiger partial charge in [-0.3, -0.25) is 4.55 Å². The van der Waals surface area contributed by atoms with Crippen molar-refractivity contribution in [3.05, 3.63) is 84.4 Å². The molecule has 0 aromatic heterocycles. The molecule has 7 heteroatoms. The lowest BCUT2D eigenvalue weighted by Gasteiger charge is -2.11. The van der Waals surface area contributed by atoms with Crippen molar-refractivity contribution in [3.8, 4) is 22.3 Å². The highest BCUT2D eigenvalue weighted by atomic mass is 32.2. The molecule has 0 amide bonds. The van der Waals surface area contributed by atoms with Crippen molar-refractivity contribution in [2.24, 2.45) is 0 Å². The molecule has 3 rings (SSSR count). The average Bonchev–Trinajstić information content (AvgIpc) is 2.62. The van der Waals surface area contributed by atoms with E-state index in [1.807, 2.05) is 0 Å². The summed E-state index contributed by atoms with van der Waals surface area (Å²) in [5.41, 5.74) is 0.877. The zero-order chi connectivity index (χ0) is 20.1. The Balaban J connectivity index is 0.000000279. The van der Waals surface area contributed by atoms with Crippen molar-refractivity contribution < 1.29 is 26.1 Å². The molecule has 0 aliphatic rings. The van der Waals surface area contributed by atoms with Crippen molar-refractivity contribution in [2.45, 2.75) is 12.4 Å². The van der Waals surface area contributed by atoms with Gasteiger partial charge >= 0.3 is 15.6 Å². The molecular weight excluding hydrogens is 377 g/mol. The first kappa shape index (κ1) is 20.7. The molecule has 3 nitrogen and oxygen atoms in total. The normalized spacial score (nSPS) is 11.4. The fourth-order valence-corrected chi connectivity index (χ4v) is 2.38. The van der Waals surface area contributed by atoms with Gasteiger partial charge in [-0.1, -0.05) is 84.4 Å². The van der Waals surface area contributed by atoms with Crippen LogP contribution in [0.4, 0.5) is 13.2 Å². The van der Waals surface area contributed by atoms with Gasteiger partial charge in [-0.2, -0.15) is 21.6 Å². The molecule has 0 heterocycles. The maximum atomic E-state index is 10.7. The first-order chi connectivity index (χ1) is 12.6. The average molecular weight is 394 g/mol. The van der Waals surface area contributed by atoms with Crippen molar-refractivity contribution >= 4 is 10.1 Å². The lowest BCUT2D eigenvalue weighted by molar-refractivity contribution is -0.0510. The van der Waals surface area contributed by atoms with E-state index in [9.17, 15) is 13.2 Å². The van der Waals surface area contributed by atoms with E-state index in [0.717, 1.165) is 0 Å². The molecule has 0 aliphatic carbocycles. The Morgan fingerprint density at radius 3 is 1.56 bits per heavy atom. The summed E-state index contributed by atoms with van der Waals surface area (Å²) in [6.07, 6.45) is 0. The molecule has 0 saturated carbocycles. The highest BCUT2D eigenvalue weighted by Crippen LogP contribution is 2.32. The summed E-state index contributed by atoms with van der Waals surface area (Å²) in [4.78, 5) is 0. The number of aryl methyl sites for hydroxylation is 1. The Kier molecular flexibility index (Phi) is 6.41. The largest absolute Gasteiger partial charge is 0.522 e. The zero-order valence-corrected chi connectivity index (χ0v) is 15.1. The van der Waals surface area contributed by atoms with Crippen LogP contribution in [0.1, 0.15) is 5.56 Å². The Hall–Kier alpha value is -2.64. The van der Waals surface area contributed by atoms with E-state index in [1.54, 1.807) is 0 Å². The topological polar surface area (TPSA) is 54.4 Å².